The van der Waals surface area contributed by atoms with Crippen molar-refractivity contribution in [3.8, 4) is 5.75 Å². The van der Waals surface area contributed by atoms with Crippen molar-refractivity contribution in [1.82, 2.24) is 0 Å². The quantitative estimate of drug-likeness (QED) is 0.848. The van der Waals surface area contributed by atoms with Gasteiger partial charge in [0.1, 0.15) is 5.75 Å². The summed E-state index contributed by atoms with van der Waals surface area (Å²) in [6, 6.07) is 11.5. The van der Waals surface area contributed by atoms with Gasteiger partial charge in [-0.1, -0.05) is 23.7 Å². The van der Waals surface area contributed by atoms with Crippen LogP contribution in [0.4, 0.5) is 5.69 Å². The molecule has 0 heterocycles. The number of amides is 1. The van der Waals surface area contributed by atoms with Crippen LogP contribution in [0.25, 0.3) is 0 Å². The number of benzene rings is 2. The van der Waals surface area contributed by atoms with Crippen molar-refractivity contribution in [2.75, 3.05) is 12.4 Å². The summed E-state index contributed by atoms with van der Waals surface area (Å²) >= 11 is 5.83. The van der Waals surface area contributed by atoms with E-state index in [0.29, 0.717) is 17.2 Å². The van der Waals surface area contributed by atoms with E-state index >= 15 is 0 Å². The normalized spacial score (nSPS) is 10.3. The molecule has 2 N–H and O–H groups in total. The van der Waals surface area contributed by atoms with Crippen LogP contribution in [0.1, 0.15) is 15.9 Å². The smallest absolute Gasteiger partial charge is 0.255 e. The van der Waals surface area contributed by atoms with E-state index in [4.69, 9.17) is 16.3 Å². The lowest BCUT2D eigenvalue weighted by Gasteiger charge is -2.08. The summed E-state index contributed by atoms with van der Waals surface area (Å²) in [4.78, 5) is 12.1. The molecule has 2 aromatic carbocycles. The number of halogens is 1. The molecule has 20 heavy (non-hydrogen) atoms. The Balaban J connectivity index is 2.19. The van der Waals surface area contributed by atoms with E-state index in [-0.39, 0.29) is 17.3 Å². The number of methoxy groups -OCH3 is 1. The number of hydrogen-bond acceptors (Lipinski definition) is 3. The third-order valence-corrected chi connectivity index (χ3v) is 2.94. The first-order chi connectivity index (χ1) is 9.60. The summed E-state index contributed by atoms with van der Waals surface area (Å²) in [5.74, 6) is -0.351. The minimum atomic E-state index is -0.319. The summed E-state index contributed by atoms with van der Waals surface area (Å²) in [6.45, 7) is 0.434. The Morgan fingerprint density at radius 2 is 2.10 bits per heavy atom. The van der Waals surface area contributed by atoms with Crippen LogP contribution in [-0.2, 0) is 11.3 Å². The lowest BCUT2D eigenvalue weighted by molar-refractivity contribution is 0.102. The molecule has 0 aromatic heterocycles. The maximum Gasteiger partial charge on any atom is 0.255 e. The highest BCUT2D eigenvalue weighted by Gasteiger charge is 2.10. The first-order valence-corrected chi connectivity index (χ1v) is 6.35. The number of ether oxygens (including phenoxy) is 1. The molecule has 0 bridgehead atoms. The largest absolute Gasteiger partial charge is 0.506 e. The average Bonchev–Trinajstić information content (AvgIpc) is 2.43. The van der Waals surface area contributed by atoms with E-state index in [9.17, 15) is 9.90 Å². The number of carbonyl (C=O) groups is 1. The number of anilines is 1. The van der Waals surface area contributed by atoms with Crippen molar-refractivity contribution in [2.45, 2.75) is 6.61 Å². The third kappa shape index (κ3) is 3.50. The molecular weight excluding hydrogens is 278 g/mol. The van der Waals surface area contributed by atoms with Crippen LogP contribution in [0.3, 0.4) is 0 Å². The Morgan fingerprint density at radius 3 is 2.85 bits per heavy atom. The zero-order valence-corrected chi connectivity index (χ0v) is 11.6. The number of phenolic OH excluding ortho intramolecular Hbond substituents is 1. The van der Waals surface area contributed by atoms with E-state index in [1.165, 1.54) is 12.1 Å². The van der Waals surface area contributed by atoms with Crippen molar-refractivity contribution >= 4 is 23.2 Å². The molecule has 2 rings (SSSR count). The monoisotopic (exact) mass is 291 g/mol. The highest BCUT2D eigenvalue weighted by molar-refractivity contribution is 6.31. The minimum Gasteiger partial charge on any atom is -0.506 e. The van der Waals surface area contributed by atoms with Gasteiger partial charge in [-0.2, -0.15) is 0 Å². The number of hydrogen-bond donors (Lipinski definition) is 2. The second-order valence-corrected chi connectivity index (χ2v) is 4.69. The fourth-order valence-electron chi connectivity index (χ4n) is 1.77. The van der Waals surface area contributed by atoms with E-state index in [0.717, 1.165) is 5.56 Å². The number of nitrogens with one attached hydrogen (secondary N) is 1. The summed E-state index contributed by atoms with van der Waals surface area (Å²) in [5.41, 5.74) is 1.66. The summed E-state index contributed by atoms with van der Waals surface area (Å²) < 4.78 is 5.03. The number of phenols is 1. The summed E-state index contributed by atoms with van der Waals surface area (Å²) in [6.07, 6.45) is 0. The van der Waals surface area contributed by atoms with Crippen LogP contribution < -0.4 is 5.32 Å². The maximum absolute atomic E-state index is 12.1. The second kappa shape index (κ2) is 6.41. The molecule has 0 atom stereocenters. The van der Waals surface area contributed by atoms with Gasteiger partial charge >= 0.3 is 0 Å². The molecular formula is C15H14ClNO3. The van der Waals surface area contributed by atoms with Crippen LogP contribution >= 0.6 is 11.6 Å². The second-order valence-electron chi connectivity index (χ2n) is 4.25. The fourth-order valence-corrected chi connectivity index (χ4v) is 1.94. The summed E-state index contributed by atoms with van der Waals surface area (Å²) in [7, 11) is 1.59. The SMILES string of the molecule is COCc1cccc(C(=O)Nc2cc(Cl)ccc2O)c1. The highest BCUT2D eigenvalue weighted by Crippen LogP contribution is 2.27. The van der Waals surface area contributed by atoms with Gasteiger partial charge in [0.15, 0.2) is 0 Å². The van der Waals surface area contributed by atoms with Gasteiger partial charge in [-0.15, -0.1) is 0 Å². The number of rotatable bonds is 4. The van der Waals surface area contributed by atoms with E-state index in [1.807, 2.05) is 6.07 Å². The lowest BCUT2D eigenvalue weighted by Crippen LogP contribution is -2.12. The molecule has 0 saturated carbocycles. The molecule has 0 unspecified atom stereocenters. The average molecular weight is 292 g/mol. The standard InChI is InChI=1S/C15H14ClNO3/c1-20-9-10-3-2-4-11(7-10)15(19)17-13-8-12(16)5-6-14(13)18/h2-8,18H,9H2,1H3,(H,17,19). The lowest BCUT2D eigenvalue weighted by atomic mass is 10.1. The van der Waals surface area contributed by atoms with Gasteiger partial charge in [-0.25, -0.2) is 0 Å². The molecule has 5 heteroatoms. The van der Waals surface area contributed by atoms with E-state index in [1.54, 1.807) is 31.4 Å². The van der Waals surface area contributed by atoms with Crippen molar-refractivity contribution in [3.05, 3.63) is 58.6 Å². The molecule has 104 valence electrons. The zero-order valence-electron chi connectivity index (χ0n) is 10.9. The Morgan fingerprint density at radius 1 is 1.30 bits per heavy atom. The number of aromatic hydroxyl groups is 1. The molecule has 0 radical (unpaired) electrons. The zero-order chi connectivity index (χ0) is 14.5. The van der Waals surface area contributed by atoms with Gasteiger partial charge in [-0.05, 0) is 35.9 Å². The Hall–Kier alpha value is -2.04. The van der Waals surface area contributed by atoms with Gasteiger partial charge in [0.2, 0.25) is 0 Å². The van der Waals surface area contributed by atoms with Gasteiger partial charge in [-0.3, -0.25) is 4.79 Å². The van der Waals surface area contributed by atoms with Crippen LogP contribution in [0, 0.1) is 0 Å². The van der Waals surface area contributed by atoms with Crippen molar-refractivity contribution < 1.29 is 14.6 Å². The summed E-state index contributed by atoms with van der Waals surface area (Å²) in [5, 5.41) is 12.7. The molecule has 0 fully saturated rings. The molecule has 0 aliphatic carbocycles. The Labute approximate surface area is 122 Å². The van der Waals surface area contributed by atoms with E-state index < -0.39 is 0 Å². The van der Waals surface area contributed by atoms with E-state index in [2.05, 4.69) is 5.32 Å². The Bertz CT molecular complexity index is 628. The number of carbonyl (C=O) groups excluding carboxylic acids is 1. The van der Waals surface area contributed by atoms with Crippen molar-refractivity contribution in [3.63, 3.8) is 0 Å². The van der Waals surface area contributed by atoms with Gasteiger partial charge < -0.3 is 15.2 Å². The molecule has 2 aromatic rings. The highest BCUT2D eigenvalue weighted by atomic mass is 35.5. The predicted octanol–water partition coefficient (Wildman–Crippen LogP) is 3.44. The molecule has 1 amide bonds. The van der Waals surface area contributed by atoms with Crippen molar-refractivity contribution in [1.29, 1.82) is 0 Å². The van der Waals surface area contributed by atoms with Crippen LogP contribution in [0.5, 0.6) is 5.75 Å². The van der Waals surface area contributed by atoms with Crippen LogP contribution in [-0.4, -0.2) is 18.1 Å². The molecule has 0 aliphatic heterocycles. The van der Waals surface area contributed by atoms with Gasteiger partial charge in [0.25, 0.3) is 5.91 Å². The van der Waals surface area contributed by atoms with Crippen molar-refractivity contribution in [2.24, 2.45) is 0 Å². The van der Waals surface area contributed by atoms with Crippen LogP contribution in [0.15, 0.2) is 42.5 Å². The molecule has 4 nitrogen and oxygen atoms in total. The van der Waals surface area contributed by atoms with Gasteiger partial charge in [0.05, 0.1) is 12.3 Å². The first-order valence-electron chi connectivity index (χ1n) is 5.98. The van der Waals surface area contributed by atoms with Gasteiger partial charge in [0, 0.05) is 17.7 Å². The maximum atomic E-state index is 12.1. The van der Waals surface area contributed by atoms with Crippen LogP contribution in [0.2, 0.25) is 5.02 Å². The molecule has 0 saturated heterocycles. The Kier molecular flexibility index (Phi) is 4.61. The predicted molar refractivity (Wildman–Crippen MR) is 78.2 cm³/mol. The third-order valence-electron chi connectivity index (χ3n) is 2.71. The minimum absolute atomic E-state index is 0.0317. The molecule has 0 aliphatic rings. The fraction of sp³-hybridized carbons (Fsp3) is 0.133. The molecule has 0 spiro atoms. The topological polar surface area (TPSA) is 58.6 Å². The first kappa shape index (κ1) is 14.4.